The first-order valence-electron chi connectivity index (χ1n) is 5.97. The molecular weight excluding hydrogens is 232 g/mol. The van der Waals surface area contributed by atoms with Gasteiger partial charge >= 0.3 is 5.97 Å². The third-order valence-electron chi connectivity index (χ3n) is 2.64. The summed E-state index contributed by atoms with van der Waals surface area (Å²) in [4.78, 5) is 11.1. The largest absolute Gasteiger partial charge is 0.478 e. The number of hydrogen-bond acceptors (Lipinski definition) is 4. The Balaban J connectivity index is 2.76. The van der Waals surface area contributed by atoms with Crippen LogP contribution in [0.3, 0.4) is 0 Å². The first-order valence-corrected chi connectivity index (χ1v) is 5.97. The molecule has 0 saturated carbocycles. The van der Waals surface area contributed by atoms with Crippen LogP contribution >= 0.6 is 0 Å². The van der Waals surface area contributed by atoms with E-state index >= 15 is 0 Å². The van der Waals surface area contributed by atoms with Gasteiger partial charge in [0.2, 0.25) is 0 Å². The Labute approximate surface area is 107 Å². The van der Waals surface area contributed by atoms with Crippen molar-refractivity contribution in [1.29, 1.82) is 0 Å². The van der Waals surface area contributed by atoms with Crippen LogP contribution in [-0.4, -0.2) is 37.4 Å². The molecule has 5 heteroatoms. The summed E-state index contributed by atoms with van der Waals surface area (Å²) in [6, 6.07) is 6.92. The lowest BCUT2D eigenvalue weighted by atomic mass is 10.1. The van der Waals surface area contributed by atoms with Crippen molar-refractivity contribution in [3.63, 3.8) is 0 Å². The zero-order chi connectivity index (χ0) is 13.4. The Morgan fingerprint density at radius 2 is 2.22 bits per heavy atom. The second kappa shape index (κ2) is 7.68. The number of nitrogens with one attached hydrogen (secondary N) is 1. The van der Waals surface area contributed by atoms with Gasteiger partial charge in [-0.25, -0.2) is 4.79 Å². The van der Waals surface area contributed by atoms with Gasteiger partial charge in [-0.3, -0.25) is 0 Å². The van der Waals surface area contributed by atoms with Crippen LogP contribution in [0, 0.1) is 0 Å². The van der Waals surface area contributed by atoms with Crippen LogP contribution < -0.4 is 11.1 Å². The van der Waals surface area contributed by atoms with Crippen molar-refractivity contribution < 1.29 is 14.6 Å². The Kier molecular flexibility index (Phi) is 6.18. The molecule has 18 heavy (non-hydrogen) atoms. The number of carboxylic acids is 1. The lowest BCUT2D eigenvalue weighted by molar-refractivity contribution is 0.0697. The molecule has 100 valence electrons. The normalized spacial score (nSPS) is 12.1. The molecule has 1 atom stereocenters. The van der Waals surface area contributed by atoms with E-state index in [1.165, 1.54) is 0 Å². The van der Waals surface area contributed by atoms with E-state index in [0.717, 1.165) is 12.8 Å². The molecule has 1 unspecified atom stereocenters. The third kappa shape index (κ3) is 4.35. The van der Waals surface area contributed by atoms with Crippen molar-refractivity contribution in [2.45, 2.75) is 18.9 Å². The maximum atomic E-state index is 11.1. The van der Waals surface area contributed by atoms with Crippen molar-refractivity contribution in [2.75, 3.05) is 25.6 Å². The molecule has 0 aliphatic heterocycles. The minimum Gasteiger partial charge on any atom is -0.478 e. The fraction of sp³-hybridized carbons (Fsp3) is 0.462. The van der Waals surface area contributed by atoms with Crippen molar-refractivity contribution in [1.82, 2.24) is 0 Å². The predicted octanol–water partition coefficient (Wildman–Crippen LogP) is 1.55. The molecule has 0 radical (unpaired) electrons. The number of para-hydroxylation sites is 1. The number of rotatable bonds is 8. The number of anilines is 1. The van der Waals surface area contributed by atoms with Gasteiger partial charge in [-0.1, -0.05) is 12.1 Å². The highest BCUT2D eigenvalue weighted by atomic mass is 16.5. The molecular formula is C13H20N2O3. The van der Waals surface area contributed by atoms with E-state index in [1.54, 1.807) is 25.3 Å². The number of ether oxygens (including phenoxy) is 1. The number of benzene rings is 1. The van der Waals surface area contributed by atoms with E-state index in [4.69, 9.17) is 15.6 Å². The molecule has 0 aliphatic carbocycles. The van der Waals surface area contributed by atoms with Crippen molar-refractivity contribution in [3.05, 3.63) is 29.8 Å². The van der Waals surface area contributed by atoms with E-state index in [-0.39, 0.29) is 11.6 Å². The van der Waals surface area contributed by atoms with Crippen LogP contribution in [0.1, 0.15) is 23.2 Å². The second-order valence-electron chi connectivity index (χ2n) is 4.08. The van der Waals surface area contributed by atoms with Gasteiger partial charge in [-0.2, -0.15) is 0 Å². The molecule has 0 fully saturated rings. The van der Waals surface area contributed by atoms with E-state index in [2.05, 4.69) is 5.32 Å². The van der Waals surface area contributed by atoms with E-state index < -0.39 is 5.97 Å². The third-order valence-corrected chi connectivity index (χ3v) is 2.64. The summed E-state index contributed by atoms with van der Waals surface area (Å²) in [5.74, 6) is -0.937. The molecule has 1 aromatic carbocycles. The Bertz CT molecular complexity index is 382. The molecule has 4 N–H and O–H groups in total. The lowest BCUT2D eigenvalue weighted by Gasteiger charge is -2.20. The average Bonchev–Trinajstić information content (AvgIpc) is 2.36. The zero-order valence-electron chi connectivity index (χ0n) is 10.6. The summed E-state index contributed by atoms with van der Waals surface area (Å²) >= 11 is 0. The number of hydrogen-bond donors (Lipinski definition) is 3. The van der Waals surface area contributed by atoms with Crippen LogP contribution in [-0.2, 0) is 4.74 Å². The fourth-order valence-electron chi connectivity index (χ4n) is 1.78. The monoisotopic (exact) mass is 252 g/mol. The molecule has 1 rings (SSSR count). The van der Waals surface area contributed by atoms with Crippen molar-refractivity contribution in [2.24, 2.45) is 5.73 Å². The van der Waals surface area contributed by atoms with E-state index in [1.807, 2.05) is 6.07 Å². The van der Waals surface area contributed by atoms with Crippen LogP contribution in [0.4, 0.5) is 5.69 Å². The molecule has 0 bridgehead atoms. The second-order valence-corrected chi connectivity index (χ2v) is 4.08. The minimum absolute atomic E-state index is 0.0686. The molecule has 0 aliphatic rings. The fourth-order valence-corrected chi connectivity index (χ4v) is 1.78. The van der Waals surface area contributed by atoms with Crippen LogP contribution in [0.2, 0.25) is 0 Å². The van der Waals surface area contributed by atoms with Crippen molar-refractivity contribution in [3.8, 4) is 0 Å². The smallest absolute Gasteiger partial charge is 0.337 e. The molecule has 0 aromatic heterocycles. The Morgan fingerprint density at radius 3 is 2.83 bits per heavy atom. The maximum absolute atomic E-state index is 11.1. The van der Waals surface area contributed by atoms with Gasteiger partial charge in [-0.15, -0.1) is 0 Å². The zero-order valence-corrected chi connectivity index (χ0v) is 10.6. The highest BCUT2D eigenvalue weighted by Crippen LogP contribution is 2.17. The quantitative estimate of drug-likeness (QED) is 0.653. The average molecular weight is 252 g/mol. The summed E-state index contributed by atoms with van der Waals surface area (Å²) in [7, 11) is 1.63. The Hall–Kier alpha value is -1.59. The number of nitrogens with two attached hydrogens (primary N) is 1. The van der Waals surface area contributed by atoms with Gasteiger partial charge in [0, 0.05) is 18.8 Å². The van der Waals surface area contributed by atoms with E-state index in [9.17, 15) is 4.79 Å². The van der Waals surface area contributed by atoms with Crippen LogP contribution in [0.5, 0.6) is 0 Å². The summed E-state index contributed by atoms with van der Waals surface area (Å²) in [6.07, 6.45) is 1.72. The van der Waals surface area contributed by atoms with Crippen LogP contribution in [0.25, 0.3) is 0 Å². The summed E-state index contributed by atoms with van der Waals surface area (Å²) in [5, 5.41) is 12.3. The molecule has 5 nitrogen and oxygen atoms in total. The van der Waals surface area contributed by atoms with Gasteiger partial charge < -0.3 is 20.9 Å². The maximum Gasteiger partial charge on any atom is 0.337 e. The topological polar surface area (TPSA) is 84.6 Å². The standard InChI is InChI=1S/C13H20N2O3/c1-18-9-10(5-4-8-14)15-12-7-3-2-6-11(12)13(16)17/h2-3,6-7,10,15H,4-5,8-9,14H2,1H3,(H,16,17). The van der Waals surface area contributed by atoms with Gasteiger partial charge in [0.1, 0.15) is 0 Å². The van der Waals surface area contributed by atoms with Gasteiger partial charge in [0.15, 0.2) is 0 Å². The number of carboxylic acid groups (broad SMARTS) is 1. The minimum atomic E-state index is -0.937. The molecule has 0 spiro atoms. The van der Waals surface area contributed by atoms with Crippen LogP contribution in [0.15, 0.2) is 24.3 Å². The van der Waals surface area contributed by atoms with E-state index in [0.29, 0.717) is 18.8 Å². The molecule has 0 amide bonds. The molecule has 0 saturated heterocycles. The highest BCUT2D eigenvalue weighted by molar-refractivity contribution is 5.94. The molecule has 0 heterocycles. The first kappa shape index (κ1) is 14.5. The lowest BCUT2D eigenvalue weighted by Crippen LogP contribution is -2.26. The highest BCUT2D eigenvalue weighted by Gasteiger charge is 2.13. The summed E-state index contributed by atoms with van der Waals surface area (Å²) in [5.41, 5.74) is 6.37. The first-order chi connectivity index (χ1) is 8.69. The van der Waals surface area contributed by atoms with Gasteiger partial charge in [-0.05, 0) is 31.5 Å². The summed E-state index contributed by atoms with van der Waals surface area (Å²) in [6.45, 7) is 1.14. The number of carbonyl (C=O) groups is 1. The number of aromatic carboxylic acids is 1. The van der Waals surface area contributed by atoms with Crippen molar-refractivity contribution >= 4 is 11.7 Å². The summed E-state index contributed by atoms with van der Waals surface area (Å²) < 4.78 is 5.12. The predicted molar refractivity (Wildman–Crippen MR) is 71.0 cm³/mol. The number of methoxy groups -OCH3 is 1. The van der Waals surface area contributed by atoms with Gasteiger partial charge in [0.25, 0.3) is 0 Å². The SMILES string of the molecule is COCC(CCCN)Nc1ccccc1C(=O)O. The Morgan fingerprint density at radius 1 is 1.50 bits per heavy atom. The van der Waals surface area contributed by atoms with Gasteiger partial charge in [0.05, 0.1) is 12.2 Å². The molecule has 1 aromatic rings.